The van der Waals surface area contributed by atoms with Gasteiger partial charge in [0.1, 0.15) is 5.69 Å². The van der Waals surface area contributed by atoms with Crippen molar-refractivity contribution in [3.63, 3.8) is 0 Å². The lowest BCUT2D eigenvalue weighted by atomic mass is 10.0. The van der Waals surface area contributed by atoms with E-state index < -0.39 is 0 Å². The SMILES string of the molecule is Cc1cccc(-c2nn3ccccc3c2-c2ccccc2)n1. The Morgan fingerprint density at radius 1 is 0.818 bits per heavy atom. The first kappa shape index (κ1) is 12.8. The van der Waals surface area contributed by atoms with Crippen molar-refractivity contribution in [2.75, 3.05) is 0 Å². The van der Waals surface area contributed by atoms with E-state index in [0.717, 1.165) is 33.7 Å². The van der Waals surface area contributed by atoms with Gasteiger partial charge in [0.15, 0.2) is 0 Å². The van der Waals surface area contributed by atoms with E-state index in [0.29, 0.717) is 0 Å². The van der Waals surface area contributed by atoms with Gasteiger partial charge in [-0.05, 0) is 36.8 Å². The summed E-state index contributed by atoms with van der Waals surface area (Å²) in [6, 6.07) is 22.5. The summed E-state index contributed by atoms with van der Waals surface area (Å²) >= 11 is 0. The van der Waals surface area contributed by atoms with E-state index in [1.165, 1.54) is 0 Å². The molecular formula is C19H15N3. The molecular weight excluding hydrogens is 270 g/mol. The van der Waals surface area contributed by atoms with Crippen LogP contribution in [-0.4, -0.2) is 14.6 Å². The molecule has 0 saturated heterocycles. The highest BCUT2D eigenvalue weighted by Crippen LogP contribution is 2.34. The third kappa shape index (κ3) is 2.07. The van der Waals surface area contributed by atoms with Gasteiger partial charge < -0.3 is 0 Å². The number of aromatic nitrogens is 3. The number of nitrogens with zero attached hydrogens (tertiary/aromatic N) is 3. The van der Waals surface area contributed by atoms with Crippen LogP contribution in [0.15, 0.2) is 72.9 Å². The molecule has 106 valence electrons. The van der Waals surface area contributed by atoms with Crippen LogP contribution in [-0.2, 0) is 0 Å². The summed E-state index contributed by atoms with van der Waals surface area (Å²) in [5.41, 5.74) is 6.19. The van der Waals surface area contributed by atoms with Crippen LogP contribution in [0.25, 0.3) is 28.0 Å². The number of rotatable bonds is 2. The zero-order valence-corrected chi connectivity index (χ0v) is 12.3. The predicted octanol–water partition coefficient (Wildman–Crippen LogP) is 4.37. The molecule has 0 spiro atoms. The Morgan fingerprint density at radius 2 is 1.64 bits per heavy atom. The molecule has 3 heterocycles. The molecule has 4 rings (SSSR count). The van der Waals surface area contributed by atoms with Gasteiger partial charge in [0.05, 0.1) is 11.2 Å². The van der Waals surface area contributed by atoms with Gasteiger partial charge in [0.25, 0.3) is 0 Å². The van der Waals surface area contributed by atoms with E-state index in [4.69, 9.17) is 5.10 Å². The van der Waals surface area contributed by atoms with Crippen LogP contribution in [0.1, 0.15) is 5.69 Å². The Hall–Kier alpha value is -2.94. The first-order valence-electron chi connectivity index (χ1n) is 7.30. The second-order valence-electron chi connectivity index (χ2n) is 5.28. The highest BCUT2D eigenvalue weighted by atomic mass is 15.2. The normalized spacial score (nSPS) is 11.0. The second-order valence-corrected chi connectivity index (χ2v) is 5.28. The minimum atomic E-state index is 0.905. The average Bonchev–Trinajstić information content (AvgIpc) is 2.95. The van der Waals surface area contributed by atoms with Crippen LogP contribution >= 0.6 is 0 Å². The van der Waals surface area contributed by atoms with E-state index in [9.17, 15) is 0 Å². The Balaban J connectivity index is 2.06. The lowest BCUT2D eigenvalue weighted by Gasteiger charge is -2.04. The molecule has 0 aliphatic rings. The maximum absolute atomic E-state index is 4.75. The quantitative estimate of drug-likeness (QED) is 0.547. The molecule has 0 N–H and O–H groups in total. The van der Waals surface area contributed by atoms with E-state index in [-0.39, 0.29) is 0 Å². The molecule has 0 fully saturated rings. The van der Waals surface area contributed by atoms with Gasteiger partial charge in [-0.2, -0.15) is 5.10 Å². The molecule has 0 amide bonds. The summed E-state index contributed by atoms with van der Waals surface area (Å²) in [6.45, 7) is 2.00. The van der Waals surface area contributed by atoms with Gasteiger partial charge >= 0.3 is 0 Å². The van der Waals surface area contributed by atoms with Crippen molar-refractivity contribution in [3.8, 4) is 22.5 Å². The molecule has 0 bridgehead atoms. The third-order valence-electron chi connectivity index (χ3n) is 3.73. The maximum Gasteiger partial charge on any atom is 0.120 e. The number of hydrogen-bond acceptors (Lipinski definition) is 2. The largest absolute Gasteiger partial charge is 0.251 e. The van der Waals surface area contributed by atoms with Crippen LogP contribution in [0, 0.1) is 6.92 Å². The van der Waals surface area contributed by atoms with Crippen molar-refractivity contribution in [2.24, 2.45) is 0 Å². The second kappa shape index (κ2) is 5.11. The zero-order chi connectivity index (χ0) is 14.9. The Bertz CT molecular complexity index is 939. The molecule has 3 aromatic heterocycles. The van der Waals surface area contributed by atoms with Gasteiger partial charge in [-0.1, -0.05) is 42.5 Å². The summed E-state index contributed by atoms with van der Waals surface area (Å²) in [7, 11) is 0. The van der Waals surface area contributed by atoms with Crippen LogP contribution < -0.4 is 0 Å². The smallest absolute Gasteiger partial charge is 0.120 e. The Kier molecular flexibility index (Phi) is 2.97. The minimum absolute atomic E-state index is 0.905. The van der Waals surface area contributed by atoms with Crippen molar-refractivity contribution in [1.82, 2.24) is 14.6 Å². The highest BCUT2D eigenvalue weighted by Gasteiger charge is 2.16. The molecule has 3 nitrogen and oxygen atoms in total. The average molecular weight is 285 g/mol. The number of fused-ring (bicyclic) bond motifs is 1. The van der Waals surface area contributed by atoms with E-state index >= 15 is 0 Å². The van der Waals surface area contributed by atoms with Gasteiger partial charge in [-0.25, -0.2) is 4.52 Å². The first-order valence-corrected chi connectivity index (χ1v) is 7.30. The van der Waals surface area contributed by atoms with E-state index in [1.54, 1.807) is 0 Å². The standard InChI is InChI=1S/C19H15N3/c1-14-8-7-11-16(20-14)19-18(15-9-3-2-4-10-15)17-12-5-6-13-22(17)21-19/h2-13H,1H3. The van der Waals surface area contributed by atoms with Crippen molar-refractivity contribution >= 4 is 5.52 Å². The summed E-state index contributed by atoms with van der Waals surface area (Å²) in [4.78, 5) is 4.65. The number of hydrogen-bond donors (Lipinski definition) is 0. The molecule has 3 heteroatoms. The summed E-state index contributed by atoms with van der Waals surface area (Å²) in [6.07, 6.45) is 1.97. The molecule has 0 atom stereocenters. The van der Waals surface area contributed by atoms with E-state index in [2.05, 4.69) is 35.3 Å². The van der Waals surface area contributed by atoms with Crippen molar-refractivity contribution in [2.45, 2.75) is 6.92 Å². The molecule has 0 unspecified atom stereocenters. The molecule has 0 aliphatic heterocycles. The Labute approximate surface area is 128 Å². The monoisotopic (exact) mass is 285 g/mol. The van der Waals surface area contributed by atoms with E-state index in [1.807, 2.05) is 54.0 Å². The topological polar surface area (TPSA) is 30.2 Å². The fraction of sp³-hybridized carbons (Fsp3) is 0.0526. The highest BCUT2D eigenvalue weighted by molar-refractivity contribution is 5.91. The summed E-state index contributed by atoms with van der Waals surface area (Å²) in [5, 5.41) is 4.75. The molecule has 4 aromatic rings. The fourth-order valence-electron chi connectivity index (χ4n) is 2.74. The maximum atomic E-state index is 4.75. The lowest BCUT2D eigenvalue weighted by Crippen LogP contribution is -1.89. The molecule has 0 radical (unpaired) electrons. The Morgan fingerprint density at radius 3 is 2.45 bits per heavy atom. The fourth-order valence-corrected chi connectivity index (χ4v) is 2.74. The van der Waals surface area contributed by atoms with Gasteiger partial charge in [0, 0.05) is 17.5 Å². The number of benzene rings is 1. The first-order chi connectivity index (χ1) is 10.8. The van der Waals surface area contributed by atoms with Gasteiger partial charge in [0.2, 0.25) is 0 Å². The van der Waals surface area contributed by atoms with Crippen LogP contribution in [0.2, 0.25) is 0 Å². The summed E-state index contributed by atoms with van der Waals surface area (Å²) in [5.74, 6) is 0. The van der Waals surface area contributed by atoms with Crippen LogP contribution in [0.3, 0.4) is 0 Å². The molecule has 22 heavy (non-hydrogen) atoms. The van der Waals surface area contributed by atoms with Crippen molar-refractivity contribution in [3.05, 3.63) is 78.6 Å². The molecule has 0 aliphatic carbocycles. The third-order valence-corrected chi connectivity index (χ3v) is 3.73. The van der Waals surface area contributed by atoms with Gasteiger partial charge in [-0.3, -0.25) is 4.98 Å². The number of pyridine rings is 2. The zero-order valence-electron chi connectivity index (χ0n) is 12.3. The predicted molar refractivity (Wildman–Crippen MR) is 88.6 cm³/mol. The van der Waals surface area contributed by atoms with Crippen LogP contribution in [0.5, 0.6) is 0 Å². The van der Waals surface area contributed by atoms with Crippen molar-refractivity contribution in [1.29, 1.82) is 0 Å². The minimum Gasteiger partial charge on any atom is -0.251 e. The van der Waals surface area contributed by atoms with Crippen LogP contribution in [0.4, 0.5) is 0 Å². The molecule has 1 aromatic carbocycles. The lowest BCUT2D eigenvalue weighted by molar-refractivity contribution is 0.961. The van der Waals surface area contributed by atoms with Crippen molar-refractivity contribution < 1.29 is 0 Å². The van der Waals surface area contributed by atoms with Gasteiger partial charge in [-0.15, -0.1) is 0 Å². The number of aryl methyl sites for hydroxylation is 1. The molecule has 0 saturated carbocycles. The summed E-state index contributed by atoms with van der Waals surface area (Å²) < 4.78 is 1.92.